The van der Waals surface area contributed by atoms with Gasteiger partial charge >= 0.3 is 5.97 Å². The molecule has 1 fully saturated rings. The van der Waals surface area contributed by atoms with Gasteiger partial charge in [0.05, 0.1) is 4.91 Å². The van der Waals surface area contributed by atoms with E-state index in [1.165, 1.54) is 0 Å². The molecular formula is C20H13NO4S2. The molecule has 2 heterocycles. The van der Waals surface area contributed by atoms with Crippen molar-refractivity contribution in [3.63, 3.8) is 0 Å². The summed E-state index contributed by atoms with van der Waals surface area (Å²) in [5, 5.41) is 11.1. The molecule has 1 aliphatic heterocycles. The van der Waals surface area contributed by atoms with Crippen molar-refractivity contribution in [3.8, 4) is 11.3 Å². The molecule has 0 spiro atoms. The molecule has 4 rings (SSSR count). The average molecular weight is 395 g/mol. The third-order valence-electron chi connectivity index (χ3n) is 4.12. The summed E-state index contributed by atoms with van der Waals surface area (Å²) in [5.74, 6) is -0.327. The van der Waals surface area contributed by atoms with E-state index in [4.69, 9.17) is 21.7 Å². The molecule has 1 aromatic heterocycles. The van der Waals surface area contributed by atoms with E-state index in [1.54, 1.807) is 12.1 Å². The normalized spacial score (nSPS) is 15.9. The van der Waals surface area contributed by atoms with Gasteiger partial charge in [0.1, 0.15) is 22.4 Å². The van der Waals surface area contributed by atoms with Gasteiger partial charge < -0.3 is 9.52 Å². The number of benzene rings is 2. The van der Waals surface area contributed by atoms with Gasteiger partial charge in [-0.2, -0.15) is 0 Å². The van der Waals surface area contributed by atoms with Crippen LogP contribution in [0.25, 0.3) is 28.2 Å². The fraction of sp³-hybridized carbons (Fsp3) is 0.0500. The van der Waals surface area contributed by atoms with E-state index in [2.05, 4.69) is 0 Å². The number of amides is 1. The lowest BCUT2D eigenvalue weighted by molar-refractivity contribution is -0.140. The van der Waals surface area contributed by atoms with E-state index in [1.807, 2.05) is 48.5 Å². The Hall–Kier alpha value is -2.90. The second kappa shape index (κ2) is 7.02. The van der Waals surface area contributed by atoms with E-state index < -0.39 is 18.4 Å². The molecule has 0 bridgehead atoms. The molecule has 27 heavy (non-hydrogen) atoms. The molecule has 7 heteroatoms. The number of carbonyl (C=O) groups is 2. The lowest BCUT2D eigenvalue weighted by Crippen LogP contribution is -2.33. The summed E-state index contributed by atoms with van der Waals surface area (Å²) < 4.78 is 6.15. The van der Waals surface area contributed by atoms with Crippen LogP contribution in [0.15, 0.2) is 63.9 Å². The summed E-state index contributed by atoms with van der Waals surface area (Å²) in [6.07, 6.45) is 1.59. The third kappa shape index (κ3) is 3.39. The van der Waals surface area contributed by atoms with Crippen LogP contribution in [0.4, 0.5) is 0 Å². The highest BCUT2D eigenvalue weighted by Gasteiger charge is 2.33. The van der Waals surface area contributed by atoms with Crippen LogP contribution in [0.1, 0.15) is 5.76 Å². The van der Waals surface area contributed by atoms with E-state index >= 15 is 0 Å². The second-order valence-electron chi connectivity index (χ2n) is 5.89. The maximum atomic E-state index is 12.4. The molecule has 134 valence electrons. The Morgan fingerprint density at radius 2 is 1.93 bits per heavy atom. The highest BCUT2D eigenvalue weighted by atomic mass is 32.2. The van der Waals surface area contributed by atoms with Crippen LogP contribution in [0, 0.1) is 0 Å². The van der Waals surface area contributed by atoms with Crippen molar-refractivity contribution >= 4 is 57.0 Å². The number of furan rings is 1. The number of hydrogen-bond acceptors (Lipinski definition) is 5. The maximum Gasteiger partial charge on any atom is 0.323 e. The number of rotatable bonds is 4. The summed E-state index contributed by atoms with van der Waals surface area (Å²) in [6.45, 7) is -0.443. The predicted molar refractivity (Wildman–Crippen MR) is 109 cm³/mol. The summed E-state index contributed by atoms with van der Waals surface area (Å²) in [5.41, 5.74) is 0.964. The highest BCUT2D eigenvalue weighted by Crippen LogP contribution is 2.34. The number of hydrogen-bond donors (Lipinski definition) is 1. The van der Waals surface area contributed by atoms with Crippen LogP contribution >= 0.6 is 24.0 Å². The zero-order valence-corrected chi connectivity index (χ0v) is 15.5. The average Bonchev–Trinajstić information content (AvgIpc) is 3.21. The summed E-state index contributed by atoms with van der Waals surface area (Å²) in [6, 6.07) is 17.7. The number of thioether (sulfide) groups is 1. The number of fused-ring (bicyclic) bond motifs is 1. The molecule has 0 saturated carbocycles. The molecule has 0 radical (unpaired) electrons. The van der Waals surface area contributed by atoms with Gasteiger partial charge in [-0.1, -0.05) is 66.4 Å². The van der Waals surface area contributed by atoms with Crippen LogP contribution < -0.4 is 0 Å². The number of carboxylic acids is 1. The van der Waals surface area contributed by atoms with Crippen LogP contribution in [-0.2, 0) is 9.59 Å². The van der Waals surface area contributed by atoms with Crippen molar-refractivity contribution in [3.05, 3.63) is 65.3 Å². The minimum atomic E-state index is -1.11. The van der Waals surface area contributed by atoms with Gasteiger partial charge in [-0.05, 0) is 22.9 Å². The zero-order chi connectivity index (χ0) is 19.0. The molecule has 0 atom stereocenters. The van der Waals surface area contributed by atoms with Gasteiger partial charge in [-0.15, -0.1) is 0 Å². The largest absolute Gasteiger partial charge is 0.480 e. The molecule has 1 N–H and O–H groups in total. The number of thiocarbonyl (C=S) groups is 1. The standard InChI is InChI=1S/C20H13NO4S2/c22-18(23)11-21-19(24)17(27-20(21)26)10-13-8-9-16(25-13)15-7-3-5-12-4-1-2-6-14(12)15/h1-10H,11H2,(H,22,23)/b17-10-. The summed E-state index contributed by atoms with van der Waals surface area (Å²) in [4.78, 5) is 24.6. The summed E-state index contributed by atoms with van der Waals surface area (Å²) >= 11 is 6.17. The van der Waals surface area contributed by atoms with Crippen LogP contribution in [0.2, 0.25) is 0 Å². The van der Waals surface area contributed by atoms with Crippen molar-refractivity contribution in [2.45, 2.75) is 0 Å². The number of carbonyl (C=O) groups excluding carboxylic acids is 1. The first-order valence-corrected chi connectivity index (χ1v) is 9.30. The Kier molecular flexibility index (Phi) is 4.55. The molecule has 0 aliphatic carbocycles. The Bertz CT molecular complexity index is 1110. The molecular weight excluding hydrogens is 382 g/mol. The van der Waals surface area contributed by atoms with Crippen molar-refractivity contribution in [2.75, 3.05) is 6.54 Å². The Morgan fingerprint density at radius 1 is 1.15 bits per heavy atom. The highest BCUT2D eigenvalue weighted by molar-refractivity contribution is 8.26. The lowest BCUT2D eigenvalue weighted by atomic mass is 10.0. The molecule has 5 nitrogen and oxygen atoms in total. The number of nitrogens with zero attached hydrogens (tertiary/aromatic N) is 1. The maximum absolute atomic E-state index is 12.4. The lowest BCUT2D eigenvalue weighted by Gasteiger charge is -2.09. The minimum Gasteiger partial charge on any atom is -0.480 e. The van der Waals surface area contributed by atoms with Gasteiger partial charge in [-0.3, -0.25) is 14.5 Å². The Balaban J connectivity index is 1.65. The van der Waals surface area contributed by atoms with Crippen molar-refractivity contribution < 1.29 is 19.1 Å². The molecule has 0 unspecified atom stereocenters. The van der Waals surface area contributed by atoms with Crippen LogP contribution in [-0.4, -0.2) is 32.7 Å². The number of carboxylic acid groups (broad SMARTS) is 1. The minimum absolute atomic E-state index is 0.231. The number of aliphatic carboxylic acids is 1. The molecule has 1 aliphatic rings. The van der Waals surface area contributed by atoms with Crippen molar-refractivity contribution in [1.29, 1.82) is 0 Å². The first-order chi connectivity index (χ1) is 13.0. The van der Waals surface area contributed by atoms with E-state index in [9.17, 15) is 9.59 Å². The van der Waals surface area contributed by atoms with Crippen molar-refractivity contribution in [1.82, 2.24) is 4.90 Å². The fourth-order valence-electron chi connectivity index (χ4n) is 2.92. The van der Waals surface area contributed by atoms with Crippen LogP contribution in [0.3, 0.4) is 0 Å². The first-order valence-electron chi connectivity index (χ1n) is 8.08. The monoisotopic (exact) mass is 395 g/mol. The predicted octanol–water partition coefficient (Wildman–Crippen LogP) is 4.39. The fourth-order valence-corrected chi connectivity index (χ4v) is 4.15. The molecule has 1 amide bonds. The van der Waals surface area contributed by atoms with E-state index in [0.29, 0.717) is 16.4 Å². The smallest absolute Gasteiger partial charge is 0.323 e. The first kappa shape index (κ1) is 17.5. The van der Waals surface area contributed by atoms with Gasteiger partial charge in [0.2, 0.25) is 0 Å². The van der Waals surface area contributed by atoms with E-state index in [0.717, 1.165) is 33.0 Å². The van der Waals surface area contributed by atoms with Gasteiger partial charge in [0.25, 0.3) is 5.91 Å². The second-order valence-corrected chi connectivity index (χ2v) is 7.57. The van der Waals surface area contributed by atoms with Gasteiger partial charge in [0, 0.05) is 11.6 Å². The van der Waals surface area contributed by atoms with Gasteiger partial charge in [-0.25, -0.2) is 0 Å². The Morgan fingerprint density at radius 3 is 2.74 bits per heavy atom. The quantitative estimate of drug-likeness (QED) is 0.522. The SMILES string of the molecule is O=C(O)CN1C(=O)/C(=C/c2ccc(-c3cccc4ccccc34)o2)SC1=S. The van der Waals surface area contributed by atoms with Crippen molar-refractivity contribution in [2.24, 2.45) is 0 Å². The van der Waals surface area contributed by atoms with Crippen LogP contribution in [0.5, 0.6) is 0 Å². The molecule has 3 aromatic rings. The Labute approximate surface area is 164 Å². The molecule has 2 aromatic carbocycles. The zero-order valence-electron chi connectivity index (χ0n) is 13.9. The summed E-state index contributed by atoms with van der Waals surface area (Å²) in [7, 11) is 0. The van der Waals surface area contributed by atoms with Gasteiger partial charge in [0.15, 0.2) is 0 Å². The topological polar surface area (TPSA) is 70.8 Å². The molecule has 1 saturated heterocycles. The third-order valence-corrected chi connectivity index (χ3v) is 5.50. The van der Waals surface area contributed by atoms with E-state index in [-0.39, 0.29) is 4.32 Å².